The molecule has 0 fully saturated rings. The van der Waals surface area contributed by atoms with Gasteiger partial charge in [0.1, 0.15) is 0 Å². The highest BCUT2D eigenvalue weighted by Crippen LogP contribution is 2.22. The Labute approximate surface area is 174 Å². The molecule has 0 spiro atoms. The van der Waals surface area contributed by atoms with Crippen LogP contribution in [0.2, 0.25) is 0 Å². The predicted octanol–water partition coefficient (Wildman–Crippen LogP) is 5.74. The smallest absolute Gasteiger partial charge is 0.175 e. The molecular formula is C21H23BrN4S. The summed E-state index contributed by atoms with van der Waals surface area (Å²) in [5, 5.41) is 11.9. The number of aromatic nitrogens is 2. The van der Waals surface area contributed by atoms with Crippen molar-refractivity contribution in [1.82, 2.24) is 9.78 Å². The molecule has 0 aliphatic heterocycles. The maximum absolute atomic E-state index is 5.53. The van der Waals surface area contributed by atoms with E-state index in [2.05, 4.69) is 82.8 Å². The van der Waals surface area contributed by atoms with E-state index in [1.54, 1.807) is 0 Å². The molecule has 0 aliphatic carbocycles. The first-order chi connectivity index (χ1) is 12.8. The molecule has 2 N–H and O–H groups in total. The Morgan fingerprint density at radius 3 is 2.44 bits per heavy atom. The molecule has 4 nitrogen and oxygen atoms in total. The summed E-state index contributed by atoms with van der Waals surface area (Å²) in [4.78, 5) is 0. The molecule has 0 aliphatic rings. The molecule has 0 radical (unpaired) electrons. The predicted molar refractivity (Wildman–Crippen MR) is 121 cm³/mol. The van der Waals surface area contributed by atoms with Gasteiger partial charge in [-0.25, -0.2) is 0 Å². The number of hydrogen-bond donors (Lipinski definition) is 2. The van der Waals surface area contributed by atoms with Crippen LogP contribution in [0.15, 0.2) is 46.9 Å². The zero-order valence-corrected chi connectivity index (χ0v) is 18.3. The fourth-order valence-electron chi connectivity index (χ4n) is 2.93. The van der Waals surface area contributed by atoms with Crippen molar-refractivity contribution in [2.45, 2.75) is 34.2 Å². The largest absolute Gasteiger partial charge is 0.332 e. The van der Waals surface area contributed by atoms with Gasteiger partial charge in [0.15, 0.2) is 5.11 Å². The molecule has 6 heteroatoms. The van der Waals surface area contributed by atoms with E-state index in [0.29, 0.717) is 5.11 Å². The molecule has 0 atom stereocenters. The number of nitrogens with zero attached hydrogens (tertiary/aromatic N) is 2. The van der Waals surface area contributed by atoms with Crippen LogP contribution in [0.4, 0.5) is 11.4 Å². The average molecular weight is 443 g/mol. The van der Waals surface area contributed by atoms with Crippen LogP contribution >= 0.6 is 28.1 Å². The fraction of sp³-hybridized carbons (Fsp3) is 0.238. The summed E-state index contributed by atoms with van der Waals surface area (Å²) in [6.45, 7) is 8.91. The van der Waals surface area contributed by atoms with Crippen LogP contribution in [0.3, 0.4) is 0 Å². The highest BCUT2D eigenvalue weighted by atomic mass is 79.9. The van der Waals surface area contributed by atoms with Gasteiger partial charge in [0.25, 0.3) is 0 Å². The van der Waals surface area contributed by atoms with E-state index in [0.717, 1.165) is 39.3 Å². The van der Waals surface area contributed by atoms with Crippen LogP contribution in [0.1, 0.15) is 28.1 Å². The molecule has 0 amide bonds. The summed E-state index contributed by atoms with van der Waals surface area (Å²) < 4.78 is 3.08. The zero-order chi connectivity index (χ0) is 19.6. The van der Waals surface area contributed by atoms with E-state index in [1.807, 2.05) is 23.7 Å². The van der Waals surface area contributed by atoms with Gasteiger partial charge in [0.05, 0.1) is 23.6 Å². The summed E-state index contributed by atoms with van der Waals surface area (Å²) in [7, 11) is 0. The summed E-state index contributed by atoms with van der Waals surface area (Å²) >= 11 is 9.00. The first-order valence-corrected chi connectivity index (χ1v) is 9.97. The number of aryl methyl sites for hydroxylation is 3. The number of halogens is 1. The monoisotopic (exact) mass is 442 g/mol. The highest BCUT2D eigenvalue weighted by Gasteiger charge is 2.13. The van der Waals surface area contributed by atoms with Crippen LogP contribution < -0.4 is 10.6 Å². The van der Waals surface area contributed by atoms with Gasteiger partial charge in [-0.1, -0.05) is 40.2 Å². The number of rotatable bonds is 4. The second kappa shape index (κ2) is 8.23. The van der Waals surface area contributed by atoms with E-state index >= 15 is 0 Å². The van der Waals surface area contributed by atoms with Gasteiger partial charge in [0, 0.05) is 10.2 Å². The van der Waals surface area contributed by atoms with Gasteiger partial charge in [-0.15, -0.1) is 0 Å². The Morgan fingerprint density at radius 2 is 1.74 bits per heavy atom. The summed E-state index contributed by atoms with van der Waals surface area (Å²) in [6.07, 6.45) is 0. The van der Waals surface area contributed by atoms with Gasteiger partial charge in [-0.3, -0.25) is 4.68 Å². The third kappa shape index (κ3) is 4.76. The molecule has 0 bridgehead atoms. The van der Waals surface area contributed by atoms with Gasteiger partial charge in [0.2, 0.25) is 0 Å². The van der Waals surface area contributed by atoms with Crippen LogP contribution in [-0.2, 0) is 6.54 Å². The second-order valence-corrected chi connectivity index (χ2v) is 8.05. The van der Waals surface area contributed by atoms with Crippen LogP contribution in [0.25, 0.3) is 0 Å². The minimum Gasteiger partial charge on any atom is -0.332 e. The van der Waals surface area contributed by atoms with E-state index < -0.39 is 0 Å². The first kappa shape index (κ1) is 19.6. The highest BCUT2D eigenvalue weighted by molar-refractivity contribution is 9.10. The maximum atomic E-state index is 5.53. The molecule has 0 saturated carbocycles. The van der Waals surface area contributed by atoms with Crippen molar-refractivity contribution in [1.29, 1.82) is 0 Å². The summed E-state index contributed by atoms with van der Waals surface area (Å²) in [5.41, 5.74) is 7.51. The molecular weight excluding hydrogens is 420 g/mol. The number of nitrogens with one attached hydrogen (secondary N) is 2. The summed E-state index contributed by atoms with van der Waals surface area (Å²) in [6, 6.07) is 14.6. The van der Waals surface area contributed by atoms with Crippen molar-refractivity contribution in [3.8, 4) is 0 Å². The molecule has 27 heavy (non-hydrogen) atoms. The first-order valence-electron chi connectivity index (χ1n) is 8.77. The average Bonchev–Trinajstić information content (AvgIpc) is 2.87. The minimum atomic E-state index is 0.568. The molecule has 140 valence electrons. The van der Waals surface area contributed by atoms with Gasteiger partial charge in [-0.05, 0) is 74.8 Å². The van der Waals surface area contributed by atoms with Gasteiger partial charge < -0.3 is 10.6 Å². The Kier molecular flexibility index (Phi) is 5.97. The van der Waals surface area contributed by atoms with Crippen molar-refractivity contribution in [3.05, 3.63) is 75.0 Å². The molecule has 3 aromatic rings. The second-order valence-electron chi connectivity index (χ2n) is 6.73. The molecule has 1 aromatic heterocycles. The van der Waals surface area contributed by atoms with E-state index in [9.17, 15) is 0 Å². The number of anilines is 2. The third-order valence-electron chi connectivity index (χ3n) is 4.51. The number of hydrogen-bond acceptors (Lipinski definition) is 2. The quantitative estimate of drug-likeness (QED) is 0.505. The molecule has 2 aromatic carbocycles. The Morgan fingerprint density at radius 1 is 1.04 bits per heavy atom. The number of thiocarbonyl (C=S) groups is 1. The van der Waals surface area contributed by atoms with Crippen molar-refractivity contribution in [2.75, 3.05) is 10.6 Å². The number of benzene rings is 2. The lowest BCUT2D eigenvalue weighted by Gasteiger charge is -2.13. The van der Waals surface area contributed by atoms with E-state index in [1.165, 1.54) is 11.1 Å². The summed E-state index contributed by atoms with van der Waals surface area (Å²) in [5.74, 6) is 0. The Hall–Kier alpha value is -2.18. The van der Waals surface area contributed by atoms with E-state index in [-0.39, 0.29) is 0 Å². The molecule has 3 rings (SSSR count). The van der Waals surface area contributed by atoms with Crippen LogP contribution in [0.5, 0.6) is 0 Å². The molecule has 0 unspecified atom stereocenters. The van der Waals surface area contributed by atoms with E-state index in [4.69, 9.17) is 12.2 Å². The minimum absolute atomic E-state index is 0.568. The normalized spacial score (nSPS) is 10.7. The fourth-order valence-corrected chi connectivity index (χ4v) is 3.41. The standard InChI is InChI=1S/C21H23BrN4S/c1-13-5-6-14(2)19(11-13)23-21(27)24-20-15(3)25-26(16(20)4)12-17-7-9-18(22)10-8-17/h5-11H,12H2,1-4H3,(H2,23,24,27). The third-order valence-corrected chi connectivity index (χ3v) is 5.24. The topological polar surface area (TPSA) is 41.9 Å². The molecule has 1 heterocycles. The lowest BCUT2D eigenvalue weighted by Crippen LogP contribution is -2.20. The van der Waals surface area contributed by atoms with Crippen LogP contribution in [-0.4, -0.2) is 14.9 Å². The van der Waals surface area contributed by atoms with Crippen LogP contribution in [0, 0.1) is 27.7 Å². The lowest BCUT2D eigenvalue weighted by molar-refractivity contribution is 0.659. The van der Waals surface area contributed by atoms with Gasteiger partial charge in [-0.2, -0.15) is 5.10 Å². The van der Waals surface area contributed by atoms with Crippen molar-refractivity contribution in [3.63, 3.8) is 0 Å². The SMILES string of the molecule is Cc1ccc(C)c(NC(=S)Nc2c(C)nn(Cc3ccc(Br)cc3)c2C)c1. The van der Waals surface area contributed by atoms with Gasteiger partial charge >= 0.3 is 0 Å². The Balaban J connectivity index is 1.75. The van der Waals surface area contributed by atoms with Crippen molar-refractivity contribution in [2.24, 2.45) is 0 Å². The lowest BCUT2D eigenvalue weighted by atomic mass is 10.1. The Bertz CT molecular complexity index is 977. The van der Waals surface area contributed by atoms with Crippen molar-refractivity contribution >= 4 is 44.6 Å². The zero-order valence-electron chi connectivity index (χ0n) is 15.9. The van der Waals surface area contributed by atoms with Crippen molar-refractivity contribution < 1.29 is 0 Å². The molecule has 0 saturated heterocycles. The maximum Gasteiger partial charge on any atom is 0.175 e.